The molecule has 3 aromatic rings. The lowest BCUT2D eigenvalue weighted by Gasteiger charge is -2.40. The molecule has 1 aromatic heterocycles. The van der Waals surface area contributed by atoms with Gasteiger partial charge in [0.1, 0.15) is 11.9 Å². The Hall–Kier alpha value is -2.91. The Balaban J connectivity index is 0.00000324. The van der Waals surface area contributed by atoms with Crippen LogP contribution in [-0.4, -0.2) is 65.5 Å². The third-order valence-corrected chi connectivity index (χ3v) is 5.97. The van der Waals surface area contributed by atoms with Crippen LogP contribution in [0.3, 0.4) is 0 Å². The Morgan fingerprint density at radius 2 is 1.62 bits per heavy atom. The zero-order chi connectivity index (χ0) is 23.6. The van der Waals surface area contributed by atoms with E-state index in [0.29, 0.717) is 11.5 Å². The predicted molar refractivity (Wildman–Crippen MR) is 132 cm³/mol. The maximum Gasteiger partial charge on any atom is 0.173 e. The van der Waals surface area contributed by atoms with Crippen LogP contribution in [0, 0.1) is 5.82 Å². The lowest BCUT2D eigenvalue weighted by atomic mass is 10.00. The van der Waals surface area contributed by atoms with Crippen molar-refractivity contribution >= 4 is 18.1 Å². The molecular weight excluding hydrogens is 459 g/mol. The molecule has 0 spiro atoms. The van der Waals surface area contributed by atoms with Crippen molar-refractivity contribution in [2.24, 2.45) is 0 Å². The normalized spacial score (nSPS) is 15.5. The number of para-hydroxylation sites is 1. The molecule has 2 heterocycles. The van der Waals surface area contributed by atoms with E-state index in [4.69, 9.17) is 9.47 Å². The van der Waals surface area contributed by atoms with Gasteiger partial charge < -0.3 is 14.4 Å². The van der Waals surface area contributed by atoms with Crippen molar-refractivity contribution < 1.29 is 13.9 Å². The first-order valence-electron chi connectivity index (χ1n) is 11.1. The fourth-order valence-electron chi connectivity index (χ4n) is 4.36. The van der Waals surface area contributed by atoms with Gasteiger partial charge in [-0.2, -0.15) is 0 Å². The van der Waals surface area contributed by atoms with E-state index in [1.54, 1.807) is 14.2 Å². The summed E-state index contributed by atoms with van der Waals surface area (Å²) < 4.78 is 26.6. The molecule has 184 valence electrons. The molecular formula is C24H32ClFN6O2. The van der Waals surface area contributed by atoms with Gasteiger partial charge in [0.15, 0.2) is 17.3 Å². The fraction of sp³-hybridized carbons (Fsp3) is 0.458. The first kappa shape index (κ1) is 25.7. The number of hydrogen-bond donors (Lipinski definition) is 0. The van der Waals surface area contributed by atoms with Crippen molar-refractivity contribution in [3.63, 3.8) is 0 Å². The SMILES string of the molecule is COc1cccc(C(c2nnnn2C(C)(C)C)N2CCN(c3ccc(F)cc3)CC2)c1OC.Cl. The van der Waals surface area contributed by atoms with Gasteiger partial charge in [0.2, 0.25) is 0 Å². The van der Waals surface area contributed by atoms with Crippen molar-refractivity contribution in [2.45, 2.75) is 32.4 Å². The van der Waals surface area contributed by atoms with E-state index in [2.05, 4.69) is 46.1 Å². The molecule has 1 saturated heterocycles. The van der Waals surface area contributed by atoms with Gasteiger partial charge >= 0.3 is 0 Å². The minimum Gasteiger partial charge on any atom is -0.493 e. The first-order valence-corrected chi connectivity index (χ1v) is 11.1. The van der Waals surface area contributed by atoms with Crippen LogP contribution >= 0.6 is 12.4 Å². The van der Waals surface area contributed by atoms with Gasteiger partial charge in [0, 0.05) is 37.4 Å². The molecule has 0 N–H and O–H groups in total. The summed E-state index contributed by atoms with van der Waals surface area (Å²) in [6.45, 7) is 9.40. The molecule has 0 bridgehead atoms. The van der Waals surface area contributed by atoms with Crippen LogP contribution in [0.2, 0.25) is 0 Å². The maximum absolute atomic E-state index is 13.4. The summed E-state index contributed by atoms with van der Waals surface area (Å²) in [5, 5.41) is 12.8. The average Bonchev–Trinajstić information content (AvgIpc) is 3.30. The predicted octanol–water partition coefficient (Wildman–Crippen LogP) is 3.92. The van der Waals surface area contributed by atoms with Crippen LogP contribution in [0.15, 0.2) is 42.5 Å². The quantitative estimate of drug-likeness (QED) is 0.518. The molecule has 1 aliphatic heterocycles. The van der Waals surface area contributed by atoms with Crippen LogP contribution in [0.25, 0.3) is 0 Å². The van der Waals surface area contributed by atoms with Crippen molar-refractivity contribution in [1.82, 2.24) is 25.1 Å². The molecule has 0 amide bonds. The molecule has 4 rings (SSSR count). The van der Waals surface area contributed by atoms with E-state index in [-0.39, 0.29) is 29.8 Å². The number of methoxy groups -OCH3 is 2. The largest absolute Gasteiger partial charge is 0.493 e. The number of tetrazole rings is 1. The number of benzene rings is 2. The van der Waals surface area contributed by atoms with Crippen LogP contribution in [-0.2, 0) is 5.54 Å². The number of rotatable bonds is 6. The first-order chi connectivity index (χ1) is 15.8. The van der Waals surface area contributed by atoms with Crippen LogP contribution in [0.4, 0.5) is 10.1 Å². The molecule has 0 saturated carbocycles. The topological polar surface area (TPSA) is 68.5 Å². The van der Waals surface area contributed by atoms with Crippen molar-refractivity contribution in [3.8, 4) is 11.5 Å². The Kier molecular flexibility index (Phi) is 7.99. The minimum absolute atomic E-state index is 0. The molecule has 2 aromatic carbocycles. The summed E-state index contributed by atoms with van der Waals surface area (Å²) in [5.74, 6) is 1.87. The fourth-order valence-corrected chi connectivity index (χ4v) is 4.36. The minimum atomic E-state index is -0.293. The Morgan fingerprint density at radius 3 is 2.21 bits per heavy atom. The zero-order valence-corrected chi connectivity index (χ0v) is 21.0. The highest BCUT2D eigenvalue weighted by Gasteiger charge is 2.35. The molecule has 0 aliphatic carbocycles. The van der Waals surface area contributed by atoms with Crippen molar-refractivity contribution in [3.05, 3.63) is 59.7 Å². The van der Waals surface area contributed by atoms with Gasteiger partial charge in [-0.05, 0) is 61.5 Å². The highest BCUT2D eigenvalue weighted by molar-refractivity contribution is 5.85. The number of nitrogens with zero attached hydrogens (tertiary/aromatic N) is 6. The Morgan fingerprint density at radius 1 is 0.941 bits per heavy atom. The van der Waals surface area contributed by atoms with Crippen LogP contribution in [0.1, 0.15) is 38.2 Å². The van der Waals surface area contributed by atoms with Crippen molar-refractivity contribution in [1.29, 1.82) is 0 Å². The third kappa shape index (κ3) is 5.10. The second-order valence-electron chi connectivity index (χ2n) is 9.10. The van der Waals surface area contributed by atoms with Gasteiger partial charge in [0.25, 0.3) is 0 Å². The number of anilines is 1. The van der Waals surface area contributed by atoms with Crippen LogP contribution < -0.4 is 14.4 Å². The molecule has 1 fully saturated rings. The summed E-state index contributed by atoms with van der Waals surface area (Å²) in [7, 11) is 3.29. The molecule has 8 nitrogen and oxygen atoms in total. The number of halogens is 2. The summed E-state index contributed by atoms with van der Waals surface area (Å²) in [4.78, 5) is 4.63. The zero-order valence-electron chi connectivity index (χ0n) is 20.2. The standard InChI is InChI=1S/C24H31FN6O2.ClH/c1-24(2,3)31-23(26-27-28-31)21(19-7-6-8-20(32-4)22(19)33-5)30-15-13-29(14-16-30)18-11-9-17(25)10-12-18;/h6-12,21H,13-16H2,1-5H3;1H. The highest BCUT2D eigenvalue weighted by Crippen LogP contribution is 2.40. The molecule has 10 heteroatoms. The van der Waals surface area contributed by atoms with E-state index in [9.17, 15) is 4.39 Å². The van der Waals surface area contributed by atoms with Crippen LogP contribution in [0.5, 0.6) is 11.5 Å². The van der Waals surface area contributed by atoms with Crippen molar-refractivity contribution in [2.75, 3.05) is 45.3 Å². The monoisotopic (exact) mass is 490 g/mol. The molecule has 0 radical (unpaired) electrons. The lowest BCUT2D eigenvalue weighted by Crippen LogP contribution is -2.48. The third-order valence-electron chi connectivity index (χ3n) is 5.97. The van der Waals surface area contributed by atoms with Gasteiger partial charge in [-0.15, -0.1) is 17.5 Å². The van der Waals surface area contributed by atoms with E-state index < -0.39 is 0 Å². The molecule has 34 heavy (non-hydrogen) atoms. The average molecular weight is 491 g/mol. The van der Waals surface area contributed by atoms with Gasteiger partial charge in [0.05, 0.1) is 19.8 Å². The second kappa shape index (κ2) is 10.6. The van der Waals surface area contributed by atoms with Gasteiger partial charge in [-0.1, -0.05) is 12.1 Å². The number of aromatic nitrogens is 4. The Bertz CT molecular complexity index is 1080. The second-order valence-corrected chi connectivity index (χ2v) is 9.10. The Labute approximate surface area is 206 Å². The molecule has 1 atom stereocenters. The number of piperazine rings is 1. The maximum atomic E-state index is 13.4. The molecule has 1 aliphatic rings. The van der Waals surface area contributed by atoms with E-state index in [1.807, 2.05) is 35.0 Å². The summed E-state index contributed by atoms with van der Waals surface area (Å²) in [5.41, 5.74) is 1.68. The van der Waals surface area contributed by atoms with E-state index >= 15 is 0 Å². The summed E-state index contributed by atoms with van der Waals surface area (Å²) in [6.07, 6.45) is 0. The van der Waals surface area contributed by atoms with Gasteiger partial charge in [-0.3, -0.25) is 4.90 Å². The lowest BCUT2D eigenvalue weighted by molar-refractivity contribution is 0.188. The molecule has 1 unspecified atom stereocenters. The summed E-state index contributed by atoms with van der Waals surface area (Å²) >= 11 is 0. The smallest absolute Gasteiger partial charge is 0.173 e. The van der Waals surface area contributed by atoms with E-state index in [1.165, 1.54) is 12.1 Å². The number of ether oxygens (including phenoxy) is 2. The summed E-state index contributed by atoms with van der Waals surface area (Å²) in [6, 6.07) is 12.3. The number of hydrogen-bond acceptors (Lipinski definition) is 7. The highest BCUT2D eigenvalue weighted by atomic mass is 35.5. The van der Waals surface area contributed by atoms with Gasteiger partial charge in [-0.25, -0.2) is 9.07 Å². The van der Waals surface area contributed by atoms with E-state index in [0.717, 1.165) is 43.3 Å².